The van der Waals surface area contributed by atoms with Crippen LogP contribution in [-0.2, 0) is 4.79 Å². The standard InChI is InChI=1S/C23H34N2OS/c26-23(18-7-4-8-18)25-15-20(19-10-12-27-16-19)21-14-24(11-9-22(21)25)13-17-5-2-1-3-6-17/h10,12,16-18,20-22H,1-9,11,13-15H2/t20-,21-,22-/m0/s1. The molecular formula is C23H34N2OS. The minimum atomic E-state index is 0.340. The Hall–Kier alpha value is -0.870. The number of fused-ring (bicyclic) bond motifs is 1. The lowest BCUT2D eigenvalue weighted by Crippen LogP contribution is -2.50. The normalized spacial score (nSPS) is 33.0. The van der Waals surface area contributed by atoms with Crippen LogP contribution in [0, 0.1) is 17.8 Å². The molecule has 4 heteroatoms. The first-order valence-electron chi connectivity index (χ1n) is 11.3. The highest BCUT2D eigenvalue weighted by atomic mass is 32.1. The van der Waals surface area contributed by atoms with E-state index in [2.05, 4.69) is 26.6 Å². The van der Waals surface area contributed by atoms with Gasteiger partial charge in [0.25, 0.3) is 0 Å². The largest absolute Gasteiger partial charge is 0.338 e. The molecule has 3 heterocycles. The molecule has 4 fully saturated rings. The Morgan fingerprint density at radius 1 is 1.04 bits per heavy atom. The fourth-order valence-corrected chi connectivity index (χ4v) is 6.91. The topological polar surface area (TPSA) is 23.6 Å². The van der Waals surface area contributed by atoms with Crippen LogP contribution in [0.15, 0.2) is 16.8 Å². The number of hydrogen-bond acceptors (Lipinski definition) is 3. The molecule has 0 aromatic carbocycles. The summed E-state index contributed by atoms with van der Waals surface area (Å²) in [7, 11) is 0. The molecule has 5 rings (SSSR count). The zero-order chi connectivity index (χ0) is 18.2. The maximum atomic E-state index is 13.1. The highest BCUT2D eigenvalue weighted by Gasteiger charge is 2.48. The van der Waals surface area contributed by atoms with Crippen molar-refractivity contribution in [1.29, 1.82) is 0 Å². The summed E-state index contributed by atoms with van der Waals surface area (Å²) < 4.78 is 0. The van der Waals surface area contributed by atoms with E-state index in [0.717, 1.165) is 25.3 Å². The molecule has 0 unspecified atom stereocenters. The molecule has 0 N–H and O–H groups in total. The lowest BCUT2D eigenvalue weighted by molar-refractivity contribution is -0.140. The molecule has 2 aliphatic heterocycles. The zero-order valence-electron chi connectivity index (χ0n) is 16.5. The molecule has 148 valence electrons. The third kappa shape index (κ3) is 3.60. The molecule has 2 saturated carbocycles. The third-order valence-corrected chi connectivity index (χ3v) is 8.67. The Morgan fingerprint density at radius 2 is 1.89 bits per heavy atom. The van der Waals surface area contributed by atoms with Crippen molar-refractivity contribution in [3.8, 4) is 0 Å². The Bertz CT molecular complexity index is 635. The third-order valence-electron chi connectivity index (χ3n) is 7.96. The zero-order valence-corrected chi connectivity index (χ0v) is 17.3. The number of nitrogens with zero attached hydrogens (tertiary/aromatic N) is 2. The summed E-state index contributed by atoms with van der Waals surface area (Å²) in [5.74, 6) is 2.94. The number of carbonyl (C=O) groups is 1. The van der Waals surface area contributed by atoms with Gasteiger partial charge in [0.05, 0.1) is 0 Å². The van der Waals surface area contributed by atoms with E-state index in [1.807, 2.05) is 11.3 Å². The van der Waals surface area contributed by atoms with Crippen molar-refractivity contribution >= 4 is 17.2 Å². The number of likely N-dealkylation sites (tertiary alicyclic amines) is 2. The van der Waals surface area contributed by atoms with Gasteiger partial charge in [0, 0.05) is 50.0 Å². The Morgan fingerprint density at radius 3 is 2.59 bits per heavy atom. The van der Waals surface area contributed by atoms with Crippen molar-refractivity contribution in [2.24, 2.45) is 17.8 Å². The molecule has 1 aromatic rings. The number of carbonyl (C=O) groups excluding carboxylic acids is 1. The second-order valence-electron chi connectivity index (χ2n) is 9.57. The predicted octanol–water partition coefficient (Wildman–Crippen LogP) is 4.74. The predicted molar refractivity (Wildman–Crippen MR) is 111 cm³/mol. The second kappa shape index (κ2) is 7.87. The SMILES string of the molecule is O=C(C1CCC1)N1C[C@@H](c2ccsc2)[C@@H]2CN(CC3CCCCC3)CC[C@@H]21. The fraction of sp³-hybridized carbons (Fsp3) is 0.783. The molecule has 0 spiro atoms. The van der Waals surface area contributed by atoms with Gasteiger partial charge in [-0.15, -0.1) is 0 Å². The van der Waals surface area contributed by atoms with Crippen LogP contribution in [0.25, 0.3) is 0 Å². The van der Waals surface area contributed by atoms with E-state index >= 15 is 0 Å². The summed E-state index contributed by atoms with van der Waals surface area (Å²) in [6, 6.07) is 2.80. The summed E-state index contributed by atoms with van der Waals surface area (Å²) in [4.78, 5) is 18.2. The van der Waals surface area contributed by atoms with E-state index in [9.17, 15) is 4.79 Å². The van der Waals surface area contributed by atoms with Crippen molar-refractivity contribution < 1.29 is 4.79 Å². The van der Waals surface area contributed by atoms with E-state index in [-0.39, 0.29) is 0 Å². The summed E-state index contributed by atoms with van der Waals surface area (Å²) in [5, 5.41) is 4.54. The van der Waals surface area contributed by atoms with Gasteiger partial charge in [-0.2, -0.15) is 11.3 Å². The van der Waals surface area contributed by atoms with Crippen LogP contribution in [0.4, 0.5) is 0 Å². The number of rotatable bonds is 4. The molecule has 2 aliphatic carbocycles. The molecule has 27 heavy (non-hydrogen) atoms. The molecule has 4 aliphatic rings. The average Bonchev–Trinajstić information content (AvgIpc) is 3.28. The highest BCUT2D eigenvalue weighted by Crippen LogP contribution is 2.44. The summed E-state index contributed by atoms with van der Waals surface area (Å²) in [5.41, 5.74) is 1.48. The van der Waals surface area contributed by atoms with Crippen LogP contribution < -0.4 is 0 Å². The minimum absolute atomic E-state index is 0.340. The van der Waals surface area contributed by atoms with Gasteiger partial charge in [-0.05, 0) is 60.4 Å². The molecule has 1 aromatic heterocycles. The van der Waals surface area contributed by atoms with Gasteiger partial charge in [0.2, 0.25) is 5.91 Å². The highest BCUT2D eigenvalue weighted by molar-refractivity contribution is 7.08. The number of thiophene rings is 1. The first kappa shape index (κ1) is 18.2. The smallest absolute Gasteiger partial charge is 0.225 e. The monoisotopic (exact) mass is 386 g/mol. The van der Waals surface area contributed by atoms with E-state index in [4.69, 9.17) is 0 Å². The molecule has 3 nitrogen and oxygen atoms in total. The van der Waals surface area contributed by atoms with Gasteiger partial charge in [-0.3, -0.25) is 4.79 Å². The Balaban J connectivity index is 1.31. The van der Waals surface area contributed by atoms with Crippen LogP contribution in [-0.4, -0.2) is 47.9 Å². The van der Waals surface area contributed by atoms with Crippen molar-refractivity contribution in [3.05, 3.63) is 22.4 Å². The maximum Gasteiger partial charge on any atom is 0.225 e. The second-order valence-corrected chi connectivity index (χ2v) is 10.3. The molecule has 3 atom stereocenters. The Kier molecular flexibility index (Phi) is 5.30. The number of hydrogen-bond donors (Lipinski definition) is 0. The first-order valence-corrected chi connectivity index (χ1v) is 12.3. The van der Waals surface area contributed by atoms with Crippen molar-refractivity contribution in [1.82, 2.24) is 9.80 Å². The van der Waals surface area contributed by atoms with Crippen LogP contribution in [0.5, 0.6) is 0 Å². The summed E-state index contributed by atoms with van der Waals surface area (Å²) in [6.07, 6.45) is 11.9. The van der Waals surface area contributed by atoms with Crippen LogP contribution >= 0.6 is 11.3 Å². The van der Waals surface area contributed by atoms with E-state index in [0.29, 0.717) is 29.7 Å². The average molecular weight is 387 g/mol. The lowest BCUT2D eigenvalue weighted by atomic mass is 9.81. The Labute approximate surface area is 168 Å². The van der Waals surface area contributed by atoms with Gasteiger partial charge in [0.15, 0.2) is 0 Å². The van der Waals surface area contributed by atoms with E-state index in [1.54, 1.807) is 0 Å². The maximum absolute atomic E-state index is 13.1. The first-order chi connectivity index (χ1) is 13.3. The summed E-state index contributed by atoms with van der Waals surface area (Å²) in [6.45, 7) is 4.67. The molecule has 0 radical (unpaired) electrons. The van der Waals surface area contributed by atoms with E-state index in [1.165, 1.54) is 70.1 Å². The minimum Gasteiger partial charge on any atom is -0.338 e. The van der Waals surface area contributed by atoms with Crippen molar-refractivity contribution in [2.75, 3.05) is 26.2 Å². The van der Waals surface area contributed by atoms with Crippen LogP contribution in [0.1, 0.15) is 69.3 Å². The van der Waals surface area contributed by atoms with Gasteiger partial charge in [-0.25, -0.2) is 0 Å². The van der Waals surface area contributed by atoms with Gasteiger partial charge in [-0.1, -0.05) is 25.7 Å². The van der Waals surface area contributed by atoms with Crippen molar-refractivity contribution in [2.45, 2.75) is 69.7 Å². The quantitative estimate of drug-likeness (QED) is 0.746. The molecule has 1 amide bonds. The lowest BCUT2D eigenvalue weighted by Gasteiger charge is -2.41. The van der Waals surface area contributed by atoms with Crippen LogP contribution in [0.3, 0.4) is 0 Å². The van der Waals surface area contributed by atoms with Gasteiger partial charge < -0.3 is 9.80 Å². The molecule has 2 saturated heterocycles. The number of amides is 1. The van der Waals surface area contributed by atoms with Gasteiger partial charge in [0.1, 0.15) is 0 Å². The summed E-state index contributed by atoms with van der Waals surface area (Å²) >= 11 is 1.81. The molecule has 0 bridgehead atoms. The van der Waals surface area contributed by atoms with Crippen molar-refractivity contribution in [3.63, 3.8) is 0 Å². The van der Waals surface area contributed by atoms with Crippen LogP contribution in [0.2, 0.25) is 0 Å². The fourth-order valence-electron chi connectivity index (χ4n) is 6.19. The molecular weight excluding hydrogens is 352 g/mol. The van der Waals surface area contributed by atoms with Gasteiger partial charge >= 0.3 is 0 Å². The number of piperidine rings is 1. The van der Waals surface area contributed by atoms with E-state index < -0.39 is 0 Å².